The molecular formula is C27H27F2N7O3. The monoisotopic (exact) mass is 535 g/mol. The molecule has 5 rings (SSSR count). The molecule has 0 spiro atoms. The number of nitrogens with zero attached hydrogens (tertiary/aromatic N) is 4. The van der Waals surface area contributed by atoms with E-state index in [1.807, 2.05) is 6.07 Å². The number of ether oxygens (including phenoxy) is 1. The van der Waals surface area contributed by atoms with E-state index in [1.165, 1.54) is 30.6 Å². The Labute approximate surface area is 222 Å². The maximum atomic E-state index is 15.2. The fraction of sp³-hybridized carbons (Fsp3) is 0.259. The van der Waals surface area contributed by atoms with E-state index in [4.69, 9.17) is 16.2 Å². The molecule has 1 atom stereocenters. The van der Waals surface area contributed by atoms with Crippen LogP contribution in [-0.2, 0) is 16.1 Å². The van der Waals surface area contributed by atoms with Gasteiger partial charge in [0.15, 0.2) is 11.6 Å². The lowest BCUT2D eigenvalue weighted by molar-refractivity contribution is -0.127. The number of nitrogens with two attached hydrogens (primary N) is 2. The number of fused-ring (bicyclic) bond motifs is 1. The van der Waals surface area contributed by atoms with E-state index in [9.17, 15) is 14.0 Å². The first-order valence-corrected chi connectivity index (χ1v) is 12.4. The van der Waals surface area contributed by atoms with Gasteiger partial charge in [0, 0.05) is 24.5 Å². The Morgan fingerprint density at radius 3 is 2.54 bits per heavy atom. The predicted molar refractivity (Wildman–Crippen MR) is 139 cm³/mol. The highest BCUT2D eigenvalue weighted by molar-refractivity contribution is 6.10. The number of hydrogen-bond donors (Lipinski definition) is 3. The van der Waals surface area contributed by atoms with Gasteiger partial charge in [-0.2, -0.15) is 10.1 Å². The number of benzene rings is 2. The molecule has 2 aromatic carbocycles. The Balaban J connectivity index is 1.37. The molecule has 2 amide bonds. The number of hydrogen-bond acceptors (Lipinski definition) is 7. The van der Waals surface area contributed by atoms with Crippen LogP contribution in [0.15, 0.2) is 61.1 Å². The molecule has 0 bridgehead atoms. The summed E-state index contributed by atoms with van der Waals surface area (Å²) < 4.78 is 35.8. The van der Waals surface area contributed by atoms with Crippen LogP contribution in [-0.4, -0.2) is 50.4 Å². The molecule has 3 heterocycles. The first-order valence-electron chi connectivity index (χ1n) is 12.4. The standard InChI is InChI=1S/C27H27F2N7O3/c28-18-2-4-20(5-3-18)34-26(38)23(25(31)37)16-1-6-22(21(29)13-16)39-27-24-17(7-12-36(24)33-15-32-27)14-35-10-8-19(30)9-11-35/h1-7,12-13,15,19,23H,8-11,14,30H2,(H2,31,37)(H,34,38). The number of carbonyl (C=O) groups excluding carboxylic acids is 2. The molecule has 202 valence electrons. The summed E-state index contributed by atoms with van der Waals surface area (Å²) in [5.74, 6) is -4.54. The molecule has 2 aromatic heterocycles. The summed E-state index contributed by atoms with van der Waals surface area (Å²) >= 11 is 0. The topological polar surface area (TPSA) is 141 Å². The second-order valence-corrected chi connectivity index (χ2v) is 9.44. The number of piperidine rings is 1. The fourth-order valence-corrected chi connectivity index (χ4v) is 4.62. The Morgan fingerprint density at radius 2 is 1.85 bits per heavy atom. The summed E-state index contributed by atoms with van der Waals surface area (Å²) in [6, 6.07) is 10.8. The zero-order chi connectivity index (χ0) is 27.5. The first kappa shape index (κ1) is 26.2. The number of rotatable bonds is 8. The highest BCUT2D eigenvalue weighted by Crippen LogP contribution is 2.31. The van der Waals surface area contributed by atoms with Gasteiger partial charge in [-0.15, -0.1) is 0 Å². The number of anilines is 1. The minimum Gasteiger partial charge on any atom is -0.434 e. The normalized spacial score (nSPS) is 15.3. The van der Waals surface area contributed by atoms with Crippen molar-refractivity contribution < 1.29 is 23.1 Å². The van der Waals surface area contributed by atoms with Gasteiger partial charge in [0.05, 0.1) is 0 Å². The van der Waals surface area contributed by atoms with Crippen molar-refractivity contribution in [2.45, 2.75) is 31.3 Å². The van der Waals surface area contributed by atoms with Gasteiger partial charge in [-0.25, -0.2) is 13.3 Å². The van der Waals surface area contributed by atoms with Crippen molar-refractivity contribution in [2.75, 3.05) is 18.4 Å². The van der Waals surface area contributed by atoms with Gasteiger partial charge in [0.1, 0.15) is 23.6 Å². The molecule has 1 aliphatic heterocycles. The summed E-state index contributed by atoms with van der Waals surface area (Å²) in [7, 11) is 0. The summed E-state index contributed by atoms with van der Waals surface area (Å²) in [5.41, 5.74) is 13.3. The molecule has 39 heavy (non-hydrogen) atoms. The number of amides is 2. The average molecular weight is 536 g/mol. The van der Waals surface area contributed by atoms with E-state index < -0.39 is 29.4 Å². The maximum Gasteiger partial charge on any atom is 0.247 e. The van der Waals surface area contributed by atoms with E-state index in [0.717, 1.165) is 49.7 Å². The van der Waals surface area contributed by atoms with Crippen LogP contribution in [0.5, 0.6) is 11.6 Å². The SMILES string of the molecule is NC(=O)C(C(=O)Nc1ccc(F)cc1)c1ccc(Oc2ncnn3ccc(CN4CCC(N)CC4)c23)c(F)c1. The Hall–Kier alpha value is -4.42. The van der Waals surface area contributed by atoms with Gasteiger partial charge < -0.3 is 21.5 Å². The highest BCUT2D eigenvalue weighted by Gasteiger charge is 2.28. The molecule has 0 radical (unpaired) electrons. The fourth-order valence-electron chi connectivity index (χ4n) is 4.62. The van der Waals surface area contributed by atoms with Crippen molar-refractivity contribution in [3.8, 4) is 11.6 Å². The molecule has 10 nitrogen and oxygen atoms in total. The summed E-state index contributed by atoms with van der Waals surface area (Å²) in [6.07, 6.45) is 4.92. The number of aromatic nitrogens is 3. The lowest BCUT2D eigenvalue weighted by Crippen LogP contribution is -2.39. The van der Waals surface area contributed by atoms with E-state index in [-0.39, 0.29) is 28.9 Å². The molecule has 1 fully saturated rings. The van der Waals surface area contributed by atoms with E-state index >= 15 is 4.39 Å². The Morgan fingerprint density at radius 1 is 1.10 bits per heavy atom. The van der Waals surface area contributed by atoms with Crippen molar-refractivity contribution in [3.05, 3.63) is 83.8 Å². The predicted octanol–water partition coefficient (Wildman–Crippen LogP) is 2.93. The van der Waals surface area contributed by atoms with Crippen LogP contribution in [0, 0.1) is 11.6 Å². The Bertz CT molecular complexity index is 1500. The molecule has 1 unspecified atom stereocenters. The molecule has 0 saturated carbocycles. The third-order valence-corrected chi connectivity index (χ3v) is 6.68. The molecule has 0 aliphatic carbocycles. The second kappa shape index (κ2) is 11.1. The molecular weight excluding hydrogens is 508 g/mol. The van der Waals surface area contributed by atoms with Crippen LogP contribution < -0.4 is 21.5 Å². The number of carbonyl (C=O) groups is 2. The van der Waals surface area contributed by atoms with Crippen LogP contribution in [0.3, 0.4) is 0 Å². The minimum atomic E-state index is -1.49. The first-order chi connectivity index (χ1) is 18.8. The van der Waals surface area contributed by atoms with Crippen LogP contribution >= 0.6 is 0 Å². The second-order valence-electron chi connectivity index (χ2n) is 9.44. The van der Waals surface area contributed by atoms with Crippen LogP contribution in [0.25, 0.3) is 5.52 Å². The van der Waals surface area contributed by atoms with Crippen molar-refractivity contribution >= 4 is 23.0 Å². The number of likely N-dealkylation sites (tertiary alicyclic amines) is 1. The minimum absolute atomic E-state index is 0.0338. The van der Waals surface area contributed by atoms with Crippen LogP contribution in [0.1, 0.15) is 29.9 Å². The van der Waals surface area contributed by atoms with Crippen molar-refractivity contribution in [1.29, 1.82) is 0 Å². The number of nitrogens with one attached hydrogen (secondary N) is 1. The van der Waals surface area contributed by atoms with Gasteiger partial charge in [0.2, 0.25) is 17.7 Å². The van der Waals surface area contributed by atoms with E-state index in [1.54, 1.807) is 10.7 Å². The zero-order valence-corrected chi connectivity index (χ0v) is 20.9. The lowest BCUT2D eigenvalue weighted by Gasteiger charge is -2.29. The Kier molecular flexibility index (Phi) is 7.48. The molecule has 1 saturated heterocycles. The lowest BCUT2D eigenvalue weighted by atomic mass is 9.97. The molecule has 5 N–H and O–H groups in total. The third kappa shape index (κ3) is 5.86. The molecule has 1 aliphatic rings. The van der Waals surface area contributed by atoms with Gasteiger partial charge >= 0.3 is 0 Å². The molecule has 4 aromatic rings. The third-order valence-electron chi connectivity index (χ3n) is 6.68. The largest absolute Gasteiger partial charge is 0.434 e. The van der Waals surface area contributed by atoms with Crippen LogP contribution in [0.2, 0.25) is 0 Å². The van der Waals surface area contributed by atoms with Gasteiger partial charge in [0.25, 0.3) is 0 Å². The van der Waals surface area contributed by atoms with E-state index in [2.05, 4.69) is 20.3 Å². The van der Waals surface area contributed by atoms with Gasteiger partial charge in [-0.05, 0) is 79.5 Å². The van der Waals surface area contributed by atoms with Crippen molar-refractivity contribution in [2.24, 2.45) is 11.5 Å². The van der Waals surface area contributed by atoms with E-state index in [0.29, 0.717) is 12.1 Å². The molecule has 12 heteroatoms. The summed E-state index contributed by atoms with van der Waals surface area (Å²) in [5, 5.41) is 6.72. The number of halogens is 2. The zero-order valence-electron chi connectivity index (χ0n) is 20.9. The summed E-state index contributed by atoms with van der Waals surface area (Å²) in [6.45, 7) is 2.38. The van der Waals surface area contributed by atoms with Crippen molar-refractivity contribution in [3.63, 3.8) is 0 Å². The number of primary amides is 1. The quantitative estimate of drug-likeness (QED) is 0.295. The van der Waals surface area contributed by atoms with Gasteiger partial charge in [-0.3, -0.25) is 14.5 Å². The van der Waals surface area contributed by atoms with Crippen molar-refractivity contribution in [1.82, 2.24) is 19.5 Å². The average Bonchev–Trinajstić information content (AvgIpc) is 3.32. The highest BCUT2D eigenvalue weighted by atomic mass is 19.1. The van der Waals surface area contributed by atoms with Gasteiger partial charge in [-0.1, -0.05) is 6.07 Å². The van der Waals surface area contributed by atoms with Crippen LogP contribution in [0.4, 0.5) is 14.5 Å². The maximum absolute atomic E-state index is 15.2. The smallest absolute Gasteiger partial charge is 0.247 e. The summed E-state index contributed by atoms with van der Waals surface area (Å²) in [4.78, 5) is 31.4.